The predicted molar refractivity (Wildman–Crippen MR) is 93.9 cm³/mol. The van der Waals surface area contributed by atoms with Crippen LogP contribution in [0.15, 0.2) is 0 Å². The van der Waals surface area contributed by atoms with E-state index in [2.05, 4.69) is 6.92 Å². The fraction of sp³-hybridized carbons (Fsp3) is 0.947. The van der Waals surface area contributed by atoms with Crippen molar-refractivity contribution in [2.45, 2.75) is 78.1 Å². The Labute approximate surface area is 147 Å². The molecule has 2 atom stereocenters. The lowest BCUT2D eigenvalue weighted by Crippen LogP contribution is -2.35. The summed E-state index contributed by atoms with van der Waals surface area (Å²) in [5.41, 5.74) is -0.415. The topological polar surface area (TPSA) is 48.0 Å². The molecule has 0 aromatic carbocycles. The second kappa shape index (κ2) is 8.05. The second-order valence-electron chi connectivity index (χ2n) is 8.53. The Morgan fingerprint density at radius 3 is 2.58 bits per heavy atom. The van der Waals surface area contributed by atoms with Gasteiger partial charge in [0.25, 0.3) is 0 Å². The maximum Gasteiger partial charge on any atom is 0.410 e. The summed E-state index contributed by atoms with van der Waals surface area (Å²) in [5, 5.41) is 0. The molecule has 24 heavy (non-hydrogen) atoms. The van der Waals surface area contributed by atoms with Crippen LogP contribution >= 0.6 is 0 Å². The number of carbonyl (C=O) groups is 1. The van der Waals surface area contributed by atoms with E-state index in [4.69, 9.17) is 14.2 Å². The van der Waals surface area contributed by atoms with Gasteiger partial charge in [-0.3, -0.25) is 0 Å². The molecule has 0 saturated carbocycles. The number of unbranched alkanes of at least 4 members (excludes halogenated alkanes) is 1. The quantitative estimate of drug-likeness (QED) is 0.679. The van der Waals surface area contributed by atoms with E-state index < -0.39 is 5.60 Å². The average Bonchev–Trinajstić information content (AvgIpc) is 3.11. The van der Waals surface area contributed by atoms with Crippen molar-refractivity contribution in [3.8, 4) is 0 Å². The van der Waals surface area contributed by atoms with Gasteiger partial charge in [0.1, 0.15) is 5.60 Å². The highest BCUT2D eigenvalue weighted by Gasteiger charge is 2.33. The maximum atomic E-state index is 12.1. The smallest absolute Gasteiger partial charge is 0.410 e. The van der Waals surface area contributed by atoms with Crippen molar-refractivity contribution in [1.82, 2.24) is 4.90 Å². The maximum absolute atomic E-state index is 12.1. The molecule has 2 rings (SSSR count). The molecule has 0 N–H and O–H groups in total. The lowest BCUT2D eigenvalue weighted by atomic mass is 9.88. The molecular weight excluding hydrogens is 306 g/mol. The van der Waals surface area contributed by atoms with Gasteiger partial charge in [-0.25, -0.2) is 4.79 Å². The van der Waals surface area contributed by atoms with Crippen LogP contribution in [-0.4, -0.2) is 48.7 Å². The third-order valence-electron chi connectivity index (χ3n) is 5.12. The molecule has 140 valence electrons. The summed E-state index contributed by atoms with van der Waals surface area (Å²) in [7, 11) is 0. The monoisotopic (exact) mass is 341 g/mol. The zero-order valence-corrected chi connectivity index (χ0v) is 16.1. The summed E-state index contributed by atoms with van der Waals surface area (Å²) in [6, 6.07) is 0. The first-order chi connectivity index (χ1) is 11.2. The van der Waals surface area contributed by atoms with Gasteiger partial charge in [0.15, 0.2) is 5.79 Å². The van der Waals surface area contributed by atoms with Crippen LogP contribution in [0.4, 0.5) is 4.79 Å². The van der Waals surface area contributed by atoms with Gasteiger partial charge in [-0.1, -0.05) is 19.8 Å². The van der Waals surface area contributed by atoms with Crippen molar-refractivity contribution < 1.29 is 19.0 Å². The fourth-order valence-corrected chi connectivity index (χ4v) is 3.59. The largest absolute Gasteiger partial charge is 0.444 e. The Balaban J connectivity index is 1.64. The summed E-state index contributed by atoms with van der Waals surface area (Å²) < 4.78 is 16.8. The SMILES string of the molecule is CC(CCCCC1(C)OCCO1)[C@@H]1CCN(C(=O)OC(C)(C)C)C1. The minimum atomic E-state index is -0.415. The predicted octanol–water partition coefficient (Wildman–Crippen LogP) is 4.20. The summed E-state index contributed by atoms with van der Waals surface area (Å²) in [6.07, 6.45) is 5.40. The van der Waals surface area contributed by atoms with E-state index in [0.717, 1.165) is 45.6 Å². The molecule has 0 aromatic rings. The molecule has 0 spiro atoms. The Morgan fingerprint density at radius 1 is 1.29 bits per heavy atom. The van der Waals surface area contributed by atoms with E-state index >= 15 is 0 Å². The molecular formula is C19H35NO4. The van der Waals surface area contributed by atoms with Gasteiger partial charge in [0.05, 0.1) is 13.2 Å². The van der Waals surface area contributed by atoms with Gasteiger partial charge >= 0.3 is 6.09 Å². The van der Waals surface area contributed by atoms with E-state index in [1.54, 1.807) is 0 Å². The number of likely N-dealkylation sites (tertiary alicyclic amines) is 1. The first-order valence-corrected chi connectivity index (χ1v) is 9.44. The normalized spacial score (nSPS) is 25.0. The second-order valence-corrected chi connectivity index (χ2v) is 8.53. The van der Waals surface area contributed by atoms with Gasteiger partial charge in [-0.15, -0.1) is 0 Å². The van der Waals surface area contributed by atoms with Crippen molar-refractivity contribution in [3.05, 3.63) is 0 Å². The van der Waals surface area contributed by atoms with Crippen molar-refractivity contribution in [2.24, 2.45) is 11.8 Å². The third kappa shape index (κ3) is 5.92. The highest BCUT2D eigenvalue weighted by atomic mass is 16.7. The van der Waals surface area contributed by atoms with Gasteiger partial charge in [0, 0.05) is 19.5 Å². The van der Waals surface area contributed by atoms with Crippen molar-refractivity contribution in [2.75, 3.05) is 26.3 Å². The standard InChI is InChI=1S/C19H35NO4/c1-15(8-6-7-10-19(5)22-12-13-23-19)16-9-11-20(14-16)17(21)24-18(2,3)4/h15-16H,6-14H2,1-5H3/t15?,16-/m1/s1. The van der Waals surface area contributed by atoms with Crippen LogP contribution in [-0.2, 0) is 14.2 Å². The lowest BCUT2D eigenvalue weighted by molar-refractivity contribution is -0.147. The molecule has 2 saturated heterocycles. The summed E-state index contributed by atoms with van der Waals surface area (Å²) in [4.78, 5) is 14.0. The number of rotatable bonds is 6. The minimum Gasteiger partial charge on any atom is -0.444 e. The fourth-order valence-electron chi connectivity index (χ4n) is 3.59. The Kier molecular flexibility index (Phi) is 6.54. The van der Waals surface area contributed by atoms with Crippen LogP contribution in [0.2, 0.25) is 0 Å². The van der Waals surface area contributed by atoms with Crippen molar-refractivity contribution >= 4 is 6.09 Å². The molecule has 1 unspecified atom stereocenters. The molecule has 0 radical (unpaired) electrons. The average molecular weight is 341 g/mol. The molecule has 2 aliphatic rings. The zero-order chi connectivity index (χ0) is 17.8. The number of nitrogens with zero attached hydrogens (tertiary/aromatic N) is 1. The lowest BCUT2D eigenvalue weighted by Gasteiger charge is -2.25. The van der Waals surface area contributed by atoms with E-state index in [-0.39, 0.29) is 11.9 Å². The Morgan fingerprint density at radius 2 is 1.96 bits per heavy atom. The highest BCUT2D eigenvalue weighted by Crippen LogP contribution is 2.30. The number of hydrogen-bond donors (Lipinski definition) is 0. The first kappa shape index (κ1) is 19.5. The van der Waals surface area contributed by atoms with E-state index in [0.29, 0.717) is 11.8 Å². The number of amides is 1. The number of ether oxygens (including phenoxy) is 3. The highest BCUT2D eigenvalue weighted by molar-refractivity contribution is 5.68. The molecule has 2 fully saturated rings. The third-order valence-corrected chi connectivity index (χ3v) is 5.12. The zero-order valence-electron chi connectivity index (χ0n) is 16.1. The number of carbonyl (C=O) groups excluding carboxylic acids is 1. The first-order valence-electron chi connectivity index (χ1n) is 9.44. The van der Waals surface area contributed by atoms with E-state index in [1.165, 1.54) is 12.8 Å². The van der Waals surface area contributed by atoms with E-state index in [1.807, 2.05) is 32.6 Å². The van der Waals surface area contributed by atoms with Gasteiger partial charge < -0.3 is 19.1 Å². The van der Waals surface area contributed by atoms with Crippen LogP contribution in [0.1, 0.15) is 66.7 Å². The van der Waals surface area contributed by atoms with Crippen LogP contribution in [0.5, 0.6) is 0 Å². The summed E-state index contributed by atoms with van der Waals surface area (Å²) in [5.74, 6) is 0.868. The molecule has 0 aromatic heterocycles. The Bertz CT molecular complexity index is 412. The molecule has 1 amide bonds. The molecule has 2 aliphatic heterocycles. The van der Waals surface area contributed by atoms with Gasteiger partial charge in [-0.2, -0.15) is 0 Å². The number of hydrogen-bond acceptors (Lipinski definition) is 4. The molecule has 5 heteroatoms. The summed E-state index contributed by atoms with van der Waals surface area (Å²) in [6.45, 7) is 13.2. The van der Waals surface area contributed by atoms with E-state index in [9.17, 15) is 4.79 Å². The molecule has 0 aliphatic carbocycles. The van der Waals surface area contributed by atoms with Crippen molar-refractivity contribution in [3.63, 3.8) is 0 Å². The molecule has 5 nitrogen and oxygen atoms in total. The van der Waals surface area contributed by atoms with Crippen LogP contribution in [0.25, 0.3) is 0 Å². The minimum absolute atomic E-state index is 0.166. The van der Waals surface area contributed by atoms with Crippen LogP contribution in [0, 0.1) is 11.8 Å². The molecule has 2 heterocycles. The molecule has 0 bridgehead atoms. The summed E-state index contributed by atoms with van der Waals surface area (Å²) >= 11 is 0. The van der Waals surface area contributed by atoms with Crippen LogP contribution in [0.3, 0.4) is 0 Å². The van der Waals surface area contributed by atoms with Crippen LogP contribution < -0.4 is 0 Å². The van der Waals surface area contributed by atoms with Crippen molar-refractivity contribution in [1.29, 1.82) is 0 Å². The van der Waals surface area contributed by atoms with Gasteiger partial charge in [0.2, 0.25) is 0 Å². The van der Waals surface area contributed by atoms with Gasteiger partial charge in [-0.05, 0) is 52.4 Å². The Hall–Kier alpha value is -0.810.